The highest BCUT2D eigenvalue weighted by Crippen LogP contribution is 2.29. The van der Waals surface area contributed by atoms with Gasteiger partial charge in [-0.1, -0.05) is 0 Å². The molecule has 3 aromatic rings. The molecule has 2 aromatic heterocycles. The van der Waals surface area contributed by atoms with Crippen LogP contribution >= 0.6 is 0 Å². The molecule has 1 amide bonds. The Balaban J connectivity index is 1.74. The van der Waals surface area contributed by atoms with E-state index in [1.54, 1.807) is 13.8 Å². The van der Waals surface area contributed by atoms with Gasteiger partial charge in [0.05, 0.1) is 29.6 Å². The third-order valence-corrected chi connectivity index (χ3v) is 4.49. The molecule has 0 aliphatic carbocycles. The molecule has 0 saturated carbocycles. The highest BCUT2D eigenvalue weighted by Gasteiger charge is 2.31. The lowest BCUT2D eigenvalue weighted by Gasteiger charge is -2.28. The zero-order valence-corrected chi connectivity index (χ0v) is 16.7. The van der Waals surface area contributed by atoms with Crippen LogP contribution in [0.4, 0.5) is 17.6 Å². The summed E-state index contributed by atoms with van der Waals surface area (Å²) in [6, 6.07) is 5.22. The van der Waals surface area contributed by atoms with Crippen molar-refractivity contribution in [3.05, 3.63) is 65.9 Å². The first-order chi connectivity index (χ1) is 14.7. The molecule has 1 aromatic carbocycles. The number of pyridine rings is 1. The van der Waals surface area contributed by atoms with E-state index in [0.717, 1.165) is 23.0 Å². The maximum Gasteiger partial charge on any atom is 0.417 e. The number of halogens is 4. The van der Waals surface area contributed by atoms with E-state index in [1.165, 1.54) is 29.4 Å². The number of alkyl halides is 3. The molecule has 31 heavy (non-hydrogen) atoms. The molecule has 0 N–H and O–H groups in total. The lowest BCUT2D eigenvalue weighted by molar-refractivity contribution is -0.137. The monoisotopic (exact) mass is 437 g/mol. The zero-order valence-electron chi connectivity index (χ0n) is 16.7. The standard InChI is InChI=1S/C20H19F4N5O2/c1-3-28(13(2)12-31-18-7-4-14(11-25-18)20(22,23)24)19(30)16-6-5-15(21)10-17(16)29-26-8-9-27-29/h4-11,13H,3,12H2,1-2H3/t13-/m0/s1. The van der Waals surface area contributed by atoms with Gasteiger partial charge in [-0.3, -0.25) is 4.79 Å². The summed E-state index contributed by atoms with van der Waals surface area (Å²) in [5.74, 6) is -0.936. The van der Waals surface area contributed by atoms with Gasteiger partial charge in [-0.25, -0.2) is 9.37 Å². The number of benzene rings is 1. The number of hydrogen-bond acceptors (Lipinski definition) is 5. The van der Waals surface area contributed by atoms with E-state index >= 15 is 0 Å². The molecule has 7 nitrogen and oxygen atoms in total. The van der Waals surface area contributed by atoms with Crippen LogP contribution in [-0.2, 0) is 6.18 Å². The Morgan fingerprint density at radius 1 is 1.19 bits per heavy atom. The van der Waals surface area contributed by atoms with Crippen molar-refractivity contribution < 1.29 is 27.1 Å². The van der Waals surface area contributed by atoms with Crippen molar-refractivity contribution in [2.75, 3.05) is 13.2 Å². The quantitative estimate of drug-likeness (QED) is 0.527. The minimum Gasteiger partial charge on any atom is -0.475 e. The molecule has 0 unspecified atom stereocenters. The second-order valence-corrected chi connectivity index (χ2v) is 6.61. The van der Waals surface area contributed by atoms with Gasteiger partial charge in [0.25, 0.3) is 5.91 Å². The molecule has 0 spiro atoms. The van der Waals surface area contributed by atoms with Crippen molar-refractivity contribution in [1.29, 1.82) is 0 Å². The van der Waals surface area contributed by atoms with Crippen LogP contribution in [0.15, 0.2) is 48.9 Å². The summed E-state index contributed by atoms with van der Waals surface area (Å²) in [5, 5.41) is 7.91. The molecule has 0 fully saturated rings. The van der Waals surface area contributed by atoms with Gasteiger partial charge in [0.15, 0.2) is 0 Å². The highest BCUT2D eigenvalue weighted by molar-refractivity contribution is 5.97. The van der Waals surface area contributed by atoms with Crippen molar-refractivity contribution in [2.24, 2.45) is 0 Å². The van der Waals surface area contributed by atoms with E-state index in [4.69, 9.17) is 4.74 Å². The number of carbonyl (C=O) groups excluding carboxylic acids is 1. The predicted octanol–water partition coefficient (Wildman–Crippen LogP) is 3.75. The first kappa shape index (κ1) is 22.2. The number of carbonyl (C=O) groups is 1. The topological polar surface area (TPSA) is 73.1 Å². The van der Waals surface area contributed by atoms with Gasteiger partial charge in [0.1, 0.15) is 18.1 Å². The lowest BCUT2D eigenvalue weighted by Crippen LogP contribution is -2.42. The molecule has 0 bridgehead atoms. The maximum absolute atomic E-state index is 13.8. The smallest absolute Gasteiger partial charge is 0.417 e. The fourth-order valence-electron chi connectivity index (χ4n) is 2.93. The lowest BCUT2D eigenvalue weighted by atomic mass is 10.1. The van der Waals surface area contributed by atoms with E-state index in [0.29, 0.717) is 12.7 Å². The Hall–Kier alpha value is -3.50. The number of ether oxygens (including phenoxy) is 1. The SMILES string of the molecule is CCN(C(=O)c1ccc(F)cc1-n1nccn1)[C@@H](C)COc1ccc(C(F)(F)F)cn1. The van der Waals surface area contributed by atoms with Gasteiger partial charge in [0.2, 0.25) is 5.88 Å². The first-order valence-electron chi connectivity index (χ1n) is 9.34. The van der Waals surface area contributed by atoms with Gasteiger partial charge in [-0.15, -0.1) is 0 Å². The molecule has 0 radical (unpaired) electrons. The highest BCUT2D eigenvalue weighted by atomic mass is 19.4. The predicted molar refractivity (Wildman–Crippen MR) is 102 cm³/mol. The number of aromatic nitrogens is 4. The Morgan fingerprint density at radius 2 is 1.90 bits per heavy atom. The van der Waals surface area contributed by atoms with Crippen molar-refractivity contribution in [3.63, 3.8) is 0 Å². The van der Waals surface area contributed by atoms with E-state index in [-0.39, 0.29) is 23.7 Å². The van der Waals surface area contributed by atoms with Crippen LogP contribution in [-0.4, -0.2) is 50.0 Å². The van der Waals surface area contributed by atoms with Gasteiger partial charge in [0, 0.05) is 24.9 Å². The molecular formula is C20H19F4N5O2. The van der Waals surface area contributed by atoms with E-state index in [9.17, 15) is 22.4 Å². The molecule has 0 saturated heterocycles. The van der Waals surface area contributed by atoms with Crippen LogP contribution in [0.1, 0.15) is 29.8 Å². The molecule has 0 aliphatic rings. The molecule has 1 atom stereocenters. The molecule has 164 valence electrons. The van der Waals surface area contributed by atoms with Crippen LogP contribution in [0.2, 0.25) is 0 Å². The summed E-state index contributed by atoms with van der Waals surface area (Å²) < 4.78 is 57.1. The number of nitrogens with zero attached hydrogens (tertiary/aromatic N) is 5. The Bertz CT molecular complexity index is 1020. The van der Waals surface area contributed by atoms with Crippen LogP contribution < -0.4 is 4.74 Å². The summed E-state index contributed by atoms with van der Waals surface area (Å²) in [6.45, 7) is 3.79. The molecule has 2 heterocycles. The van der Waals surface area contributed by atoms with Crippen molar-refractivity contribution in [2.45, 2.75) is 26.1 Å². The number of rotatable bonds is 7. The van der Waals surface area contributed by atoms with Gasteiger partial charge in [-0.05, 0) is 32.0 Å². The summed E-state index contributed by atoms with van der Waals surface area (Å²) >= 11 is 0. The summed E-state index contributed by atoms with van der Waals surface area (Å²) in [4.78, 5) is 19.4. The van der Waals surface area contributed by atoms with Crippen molar-refractivity contribution in [1.82, 2.24) is 24.9 Å². The average molecular weight is 437 g/mol. The van der Waals surface area contributed by atoms with E-state index in [2.05, 4.69) is 15.2 Å². The van der Waals surface area contributed by atoms with Crippen LogP contribution in [0.3, 0.4) is 0 Å². The maximum atomic E-state index is 13.8. The third kappa shape index (κ3) is 5.16. The molecular weight excluding hydrogens is 418 g/mol. The van der Waals surface area contributed by atoms with Gasteiger partial charge >= 0.3 is 6.18 Å². The second-order valence-electron chi connectivity index (χ2n) is 6.61. The Kier molecular flexibility index (Phi) is 6.52. The summed E-state index contributed by atoms with van der Waals surface area (Å²) in [6.07, 6.45) is -0.986. The van der Waals surface area contributed by atoms with Crippen molar-refractivity contribution >= 4 is 5.91 Å². The van der Waals surface area contributed by atoms with Crippen LogP contribution in [0.5, 0.6) is 5.88 Å². The van der Waals surface area contributed by atoms with Crippen molar-refractivity contribution in [3.8, 4) is 11.6 Å². The Morgan fingerprint density at radius 3 is 2.48 bits per heavy atom. The number of amides is 1. The average Bonchev–Trinajstić information content (AvgIpc) is 3.27. The normalized spacial score (nSPS) is 12.5. The largest absolute Gasteiger partial charge is 0.475 e. The van der Waals surface area contributed by atoms with Gasteiger partial charge in [-0.2, -0.15) is 28.2 Å². The summed E-state index contributed by atoms with van der Waals surface area (Å²) in [5.41, 5.74) is -0.501. The molecule has 11 heteroatoms. The minimum atomic E-state index is -4.49. The first-order valence-corrected chi connectivity index (χ1v) is 9.34. The number of hydrogen-bond donors (Lipinski definition) is 0. The van der Waals surface area contributed by atoms with Gasteiger partial charge < -0.3 is 9.64 Å². The summed E-state index contributed by atoms with van der Waals surface area (Å²) in [7, 11) is 0. The Labute approximate surface area is 175 Å². The van der Waals surface area contributed by atoms with E-state index < -0.39 is 29.5 Å². The fourth-order valence-corrected chi connectivity index (χ4v) is 2.93. The third-order valence-electron chi connectivity index (χ3n) is 4.49. The minimum absolute atomic E-state index is 0.00546. The van der Waals surface area contributed by atoms with Crippen LogP contribution in [0, 0.1) is 5.82 Å². The van der Waals surface area contributed by atoms with Crippen LogP contribution in [0.25, 0.3) is 5.69 Å². The second kappa shape index (κ2) is 9.11. The zero-order chi connectivity index (χ0) is 22.6. The number of likely N-dealkylation sites (N-methyl/N-ethyl adjacent to an activating group) is 1. The fraction of sp³-hybridized carbons (Fsp3) is 0.300. The molecule has 3 rings (SSSR count). The molecule has 0 aliphatic heterocycles. The van der Waals surface area contributed by atoms with E-state index in [1.807, 2.05) is 0 Å².